The highest BCUT2D eigenvalue weighted by atomic mass is 16.5. The number of ether oxygens (including phenoxy) is 1. The number of aromatic nitrogens is 2. The van der Waals surface area contributed by atoms with E-state index in [1.807, 2.05) is 24.3 Å². The van der Waals surface area contributed by atoms with Crippen molar-refractivity contribution < 1.29 is 9.53 Å². The zero-order chi connectivity index (χ0) is 21.2. The molecule has 0 atom stereocenters. The fraction of sp³-hybridized carbons (Fsp3) is 0.292. The summed E-state index contributed by atoms with van der Waals surface area (Å²) < 4.78 is 5.29. The summed E-state index contributed by atoms with van der Waals surface area (Å²) in [6, 6.07) is 13.9. The molecule has 0 saturated carbocycles. The summed E-state index contributed by atoms with van der Waals surface area (Å²) >= 11 is 0. The Morgan fingerprint density at radius 1 is 1.16 bits per heavy atom. The number of methoxy groups -OCH3 is 1. The summed E-state index contributed by atoms with van der Waals surface area (Å²) in [6.07, 6.45) is 4.51. The predicted octanol–water partition coefficient (Wildman–Crippen LogP) is 3.99. The van der Waals surface area contributed by atoms with Gasteiger partial charge < -0.3 is 15.4 Å². The van der Waals surface area contributed by atoms with E-state index >= 15 is 0 Å². The lowest BCUT2D eigenvalue weighted by molar-refractivity contribution is -0.115. The molecule has 0 radical (unpaired) electrons. The summed E-state index contributed by atoms with van der Waals surface area (Å²) in [6.45, 7) is 3.18. The number of amides is 1. The second-order valence-electron chi connectivity index (χ2n) is 8.01. The maximum Gasteiger partial charge on any atom is 0.228 e. The van der Waals surface area contributed by atoms with Gasteiger partial charge in [0.15, 0.2) is 0 Å². The molecule has 1 fully saturated rings. The van der Waals surface area contributed by atoms with E-state index in [1.165, 1.54) is 18.4 Å². The molecule has 0 unspecified atom stereocenters. The molecule has 3 heterocycles. The molecule has 0 bridgehead atoms. The number of carbonyl (C=O) groups is 1. The number of rotatable bonds is 5. The van der Waals surface area contributed by atoms with Gasteiger partial charge in [0.1, 0.15) is 5.75 Å². The molecule has 1 amide bonds. The van der Waals surface area contributed by atoms with E-state index in [2.05, 4.69) is 38.7 Å². The minimum absolute atomic E-state index is 0.0459. The van der Waals surface area contributed by atoms with Crippen LogP contribution in [0.3, 0.4) is 0 Å². The Morgan fingerprint density at radius 2 is 2.03 bits per heavy atom. The second-order valence-corrected chi connectivity index (χ2v) is 8.01. The molecule has 7 heteroatoms. The molecule has 2 N–H and O–H groups in total. The van der Waals surface area contributed by atoms with Crippen LogP contribution in [0.5, 0.6) is 5.75 Å². The first-order valence-corrected chi connectivity index (χ1v) is 10.6. The Labute approximate surface area is 181 Å². The molecule has 0 spiro atoms. The summed E-state index contributed by atoms with van der Waals surface area (Å²) in [5, 5.41) is 6.29. The van der Waals surface area contributed by atoms with Crippen LogP contribution in [0.25, 0.3) is 11.3 Å². The third-order valence-electron chi connectivity index (χ3n) is 5.76. The van der Waals surface area contributed by atoms with Gasteiger partial charge in [0.25, 0.3) is 0 Å². The molecule has 158 valence electrons. The SMILES string of the molecule is COc1cccc(Nc2ncc3c(n2)-c2ccc(CN4CCCC4)cc2NC(=O)C3)c1. The average molecular weight is 415 g/mol. The second kappa shape index (κ2) is 8.35. The summed E-state index contributed by atoms with van der Waals surface area (Å²) in [4.78, 5) is 24.2. The van der Waals surface area contributed by atoms with Gasteiger partial charge in [-0.05, 0) is 49.7 Å². The van der Waals surface area contributed by atoms with Crippen LogP contribution in [0.2, 0.25) is 0 Å². The third kappa shape index (κ3) is 4.22. The predicted molar refractivity (Wildman–Crippen MR) is 121 cm³/mol. The molecular weight excluding hydrogens is 390 g/mol. The minimum Gasteiger partial charge on any atom is -0.497 e. The van der Waals surface area contributed by atoms with E-state index in [0.717, 1.165) is 53.6 Å². The molecule has 3 aromatic rings. The summed E-state index contributed by atoms with van der Waals surface area (Å²) in [5.41, 5.74) is 5.37. The first-order valence-electron chi connectivity index (χ1n) is 10.6. The maximum absolute atomic E-state index is 12.5. The van der Waals surface area contributed by atoms with Crippen LogP contribution >= 0.6 is 0 Å². The van der Waals surface area contributed by atoms with Gasteiger partial charge in [-0.25, -0.2) is 9.97 Å². The van der Waals surface area contributed by atoms with E-state index in [4.69, 9.17) is 9.72 Å². The highest BCUT2D eigenvalue weighted by Gasteiger charge is 2.22. The van der Waals surface area contributed by atoms with Crippen molar-refractivity contribution in [1.29, 1.82) is 0 Å². The molecule has 2 aliphatic rings. The largest absolute Gasteiger partial charge is 0.497 e. The Kier molecular flexibility index (Phi) is 5.26. The first-order chi connectivity index (χ1) is 15.2. The van der Waals surface area contributed by atoms with E-state index in [1.54, 1.807) is 13.3 Å². The number of hydrogen-bond donors (Lipinski definition) is 2. The van der Waals surface area contributed by atoms with Crippen LogP contribution in [-0.4, -0.2) is 41.0 Å². The Bertz CT molecular complexity index is 1120. The van der Waals surface area contributed by atoms with Crippen molar-refractivity contribution in [3.8, 4) is 17.0 Å². The zero-order valence-corrected chi connectivity index (χ0v) is 17.5. The van der Waals surface area contributed by atoms with Crippen molar-refractivity contribution in [3.63, 3.8) is 0 Å². The van der Waals surface area contributed by atoms with Crippen molar-refractivity contribution in [1.82, 2.24) is 14.9 Å². The van der Waals surface area contributed by atoms with Gasteiger partial charge in [-0.3, -0.25) is 9.69 Å². The van der Waals surface area contributed by atoms with E-state index in [0.29, 0.717) is 5.95 Å². The maximum atomic E-state index is 12.5. The lowest BCUT2D eigenvalue weighted by Gasteiger charge is -2.16. The van der Waals surface area contributed by atoms with Crippen LogP contribution in [0.1, 0.15) is 24.0 Å². The highest BCUT2D eigenvalue weighted by Crippen LogP contribution is 2.34. The fourth-order valence-corrected chi connectivity index (χ4v) is 4.23. The Balaban J connectivity index is 1.47. The number of likely N-dealkylation sites (tertiary alicyclic amines) is 1. The number of anilines is 3. The number of carbonyl (C=O) groups excluding carboxylic acids is 1. The molecule has 7 nitrogen and oxygen atoms in total. The lowest BCUT2D eigenvalue weighted by Crippen LogP contribution is -2.18. The van der Waals surface area contributed by atoms with Crippen molar-refractivity contribution >= 4 is 23.2 Å². The minimum atomic E-state index is -0.0459. The normalized spacial score (nSPS) is 15.6. The van der Waals surface area contributed by atoms with Crippen molar-refractivity contribution in [2.75, 3.05) is 30.8 Å². The molecule has 1 aromatic heterocycles. The molecule has 31 heavy (non-hydrogen) atoms. The molecule has 5 rings (SSSR count). The number of benzene rings is 2. The van der Waals surface area contributed by atoms with Gasteiger partial charge in [0.2, 0.25) is 11.9 Å². The molecule has 2 aliphatic heterocycles. The third-order valence-corrected chi connectivity index (χ3v) is 5.76. The number of hydrogen-bond acceptors (Lipinski definition) is 6. The smallest absolute Gasteiger partial charge is 0.228 e. The van der Waals surface area contributed by atoms with Gasteiger partial charge >= 0.3 is 0 Å². The monoisotopic (exact) mass is 415 g/mol. The zero-order valence-electron chi connectivity index (χ0n) is 17.5. The number of nitrogens with zero attached hydrogens (tertiary/aromatic N) is 3. The van der Waals surface area contributed by atoms with Crippen LogP contribution in [-0.2, 0) is 17.8 Å². The number of fused-ring (bicyclic) bond motifs is 3. The van der Waals surface area contributed by atoms with Gasteiger partial charge in [-0.2, -0.15) is 0 Å². The number of nitrogens with one attached hydrogen (secondary N) is 2. The van der Waals surface area contributed by atoms with Crippen LogP contribution < -0.4 is 15.4 Å². The van der Waals surface area contributed by atoms with E-state index < -0.39 is 0 Å². The first kappa shape index (κ1) is 19.5. The standard InChI is InChI=1S/C24H25N5O2/c1-31-19-6-4-5-18(13-19)26-24-25-14-17-12-22(30)27-21-11-16(15-29-9-2-3-10-29)7-8-20(21)23(17)28-24/h4-8,11,13-14H,2-3,9-10,12,15H2,1H3,(H,27,30)(H,25,26,28). The van der Waals surface area contributed by atoms with Crippen LogP contribution in [0.15, 0.2) is 48.7 Å². The topological polar surface area (TPSA) is 79.4 Å². The van der Waals surface area contributed by atoms with Crippen molar-refractivity contribution in [2.45, 2.75) is 25.8 Å². The highest BCUT2D eigenvalue weighted by molar-refractivity contribution is 6.00. The van der Waals surface area contributed by atoms with Gasteiger partial charge in [0.05, 0.1) is 24.9 Å². The Morgan fingerprint density at radius 3 is 2.87 bits per heavy atom. The van der Waals surface area contributed by atoms with Gasteiger partial charge in [-0.1, -0.05) is 18.2 Å². The molecular formula is C24H25N5O2. The van der Waals surface area contributed by atoms with Crippen LogP contribution in [0.4, 0.5) is 17.3 Å². The molecule has 0 aliphatic carbocycles. The van der Waals surface area contributed by atoms with E-state index in [-0.39, 0.29) is 12.3 Å². The fourth-order valence-electron chi connectivity index (χ4n) is 4.23. The van der Waals surface area contributed by atoms with Crippen LogP contribution in [0, 0.1) is 0 Å². The van der Waals surface area contributed by atoms with Gasteiger partial charge in [-0.15, -0.1) is 0 Å². The van der Waals surface area contributed by atoms with E-state index in [9.17, 15) is 4.79 Å². The molecule has 2 aromatic carbocycles. The summed E-state index contributed by atoms with van der Waals surface area (Å²) in [7, 11) is 1.64. The Hall–Kier alpha value is -3.45. The van der Waals surface area contributed by atoms with Gasteiger partial charge in [0, 0.05) is 35.6 Å². The summed E-state index contributed by atoms with van der Waals surface area (Å²) in [5.74, 6) is 1.19. The molecule has 1 saturated heterocycles. The average Bonchev–Trinajstić information content (AvgIpc) is 3.23. The lowest BCUT2D eigenvalue weighted by atomic mass is 10.0. The van der Waals surface area contributed by atoms with Crippen molar-refractivity contribution in [2.24, 2.45) is 0 Å². The quantitative estimate of drug-likeness (QED) is 0.656. The van der Waals surface area contributed by atoms with Crippen molar-refractivity contribution in [3.05, 3.63) is 59.8 Å².